The molecule has 3 rings (SSSR count). The van der Waals surface area contributed by atoms with E-state index in [1.807, 2.05) is 6.07 Å². The number of para-hydroxylation sites is 1. The van der Waals surface area contributed by atoms with Gasteiger partial charge in [0.05, 0.1) is 13.7 Å². The number of methoxy groups -OCH3 is 1. The third kappa shape index (κ3) is 5.01. The first-order valence-electron chi connectivity index (χ1n) is 10.7. The van der Waals surface area contributed by atoms with Gasteiger partial charge in [0.2, 0.25) is 0 Å². The fourth-order valence-electron chi connectivity index (χ4n) is 3.91. The zero-order valence-corrected chi connectivity index (χ0v) is 18.6. The van der Waals surface area contributed by atoms with Gasteiger partial charge in [-0.05, 0) is 50.7 Å². The van der Waals surface area contributed by atoms with E-state index in [1.165, 1.54) is 7.11 Å². The Morgan fingerprint density at radius 3 is 2.50 bits per heavy atom. The van der Waals surface area contributed by atoms with Crippen molar-refractivity contribution in [1.82, 2.24) is 21.1 Å². The number of esters is 1. The van der Waals surface area contributed by atoms with Crippen LogP contribution in [0.5, 0.6) is 5.75 Å². The molecule has 32 heavy (non-hydrogen) atoms. The van der Waals surface area contributed by atoms with Gasteiger partial charge in [0.25, 0.3) is 11.8 Å². The third-order valence-corrected chi connectivity index (χ3v) is 6.07. The highest BCUT2D eigenvalue weighted by atomic mass is 16.5. The van der Waals surface area contributed by atoms with Crippen molar-refractivity contribution in [1.29, 1.82) is 0 Å². The number of urea groups is 1. The van der Waals surface area contributed by atoms with Crippen LogP contribution < -0.4 is 20.8 Å². The average molecular weight is 447 g/mol. The second-order valence-corrected chi connectivity index (χ2v) is 8.65. The number of hydrazine groups is 1. The molecule has 174 valence electrons. The maximum absolute atomic E-state index is 12.9. The lowest BCUT2D eigenvalue weighted by atomic mass is 9.77. The first-order chi connectivity index (χ1) is 15.2. The summed E-state index contributed by atoms with van der Waals surface area (Å²) < 4.78 is 10.5. The van der Waals surface area contributed by atoms with Gasteiger partial charge < -0.3 is 14.8 Å². The summed E-state index contributed by atoms with van der Waals surface area (Å²) in [5, 5.41) is 6.29. The maximum Gasteiger partial charge on any atom is 0.344 e. The van der Waals surface area contributed by atoms with Gasteiger partial charge in [0, 0.05) is 0 Å². The highest BCUT2D eigenvalue weighted by molar-refractivity contribution is 6.08. The van der Waals surface area contributed by atoms with Crippen LogP contribution in [0, 0.1) is 5.92 Å². The van der Waals surface area contributed by atoms with E-state index in [0.29, 0.717) is 24.5 Å². The molecular formula is C22H30N4O6. The highest BCUT2D eigenvalue weighted by Gasteiger charge is 2.53. The Hall–Kier alpha value is -3.14. The van der Waals surface area contributed by atoms with Gasteiger partial charge >= 0.3 is 12.0 Å². The van der Waals surface area contributed by atoms with Gasteiger partial charge in [-0.2, -0.15) is 5.01 Å². The van der Waals surface area contributed by atoms with E-state index >= 15 is 0 Å². The number of carbonyl (C=O) groups is 4. The van der Waals surface area contributed by atoms with Crippen molar-refractivity contribution in [3.05, 3.63) is 30.3 Å². The molecule has 2 aliphatic rings. The molecule has 0 radical (unpaired) electrons. The number of hydrogen-bond acceptors (Lipinski definition) is 7. The Bertz CT molecular complexity index is 868. The van der Waals surface area contributed by atoms with Gasteiger partial charge in [0.1, 0.15) is 23.4 Å². The predicted octanol–water partition coefficient (Wildman–Crippen LogP) is 1.12. The first kappa shape index (κ1) is 23.5. The Morgan fingerprint density at radius 2 is 1.88 bits per heavy atom. The number of rotatable bonds is 8. The van der Waals surface area contributed by atoms with Gasteiger partial charge in [-0.25, -0.2) is 9.59 Å². The molecule has 2 fully saturated rings. The number of ether oxygens (including phenoxy) is 2. The number of nitrogens with zero attached hydrogens (tertiary/aromatic N) is 1. The van der Waals surface area contributed by atoms with E-state index in [1.54, 1.807) is 31.2 Å². The molecule has 10 nitrogen and oxygen atoms in total. The quantitative estimate of drug-likeness (QED) is 0.403. The van der Waals surface area contributed by atoms with Crippen molar-refractivity contribution in [2.45, 2.75) is 50.6 Å². The summed E-state index contributed by atoms with van der Waals surface area (Å²) in [6.45, 7) is 3.21. The average Bonchev–Trinajstić information content (AvgIpc) is 3.02. The Labute approximate surface area is 187 Å². The molecule has 1 aliphatic carbocycles. The molecule has 1 aromatic carbocycles. The minimum absolute atomic E-state index is 0.0958. The van der Waals surface area contributed by atoms with Gasteiger partial charge in [-0.1, -0.05) is 25.1 Å². The van der Waals surface area contributed by atoms with Crippen LogP contribution in [0.4, 0.5) is 4.79 Å². The fourth-order valence-corrected chi connectivity index (χ4v) is 3.91. The monoisotopic (exact) mass is 446 g/mol. The molecule has 1 unspecified atom stereocenters. The largest absolute Gasteiger partial charge is 0.491 e. The molecule has 1 aliphatic heterocycles. The Balaban J connectivity index is 1.58. The van der Waals surface area contributed by atoms with E-state index in [-0.39, 0.29) is 13.2 Å². The van der Waals surface area contributed by atoms with Crippen molar-refractivity contribution >= 4 is 23.8 Å². The lowest BCUT2D eigenvalue weighted by Gasteiger charge is -2.33. The number of carbonyl (C=O) groups excluding carboxylic acids is 4. The lowest BCUT2D eigenvalue weighted by Crippen LogP contribution is -2.58. The minimum Gasteiger partial charge on any atom is -0.491 e. The lowest BCUT2D eigenvalue weighted by molar-refractivity contribution is -0.149. The zero-order valence-electron chi connectivity index (χ0n) is 18.6. The van der Waals surface area contributed by atoms with Crippen LogP contribution in [0.1, 0.15) is 39.5 Å². The second-order valence-electron chi connectivity index (χ2n) is 8.65. The number of imide groups is 1. The maximum atomic E-state index is 12.9. The van der Waals surface area contributed by atoms with E-state index in [4.69, 9.17) is 9.47 Å². The minimum atomic E-state index is -1.33. The van der Waals surface area contributed by atoms with Crippen molar-refractivity contribution in [3.63, 3.8) is 0 Å². The second kappa shape index (κ2) is 9.56. The molecule has 4 amide bonds. The summed E-state index contributed by atoms with van der Waals surface area (Å²) in [5.74, 6) is -0.672. The molecule has 3 N–H and O–H groups in total. The molecular weight excluding hydrogens is 416 g/mol. The molecule has 1 saturated heterocycles. The Morgan fingerprint density at radius 1 is 1.22 bits per heavy atom. The summed E-state index contributed by atoms with van der Waals surface area (Å²) >= 11 is 0. The van der Waals surface area contributed by atoms with Crippen LogP contribution in [0.2, 0.25) is 0 Å². The number of benzene rings is 1. The molecule has 10 heteroatoms. The molecule has 1 saturated carbocycles. The number of hydrogen-bond donors (Lipinski definition) is 3. The van der Waals surface area contributed by atoms with Crippen LogP contribution in [-0.2, 0) is 19.1 Å². The van der Waals surface area contributed by atoms with E-state index in [2.05, 4.69) is 23.0 Å². The van der Waals surface area contributed by atoms with Gasteiger partial charge in [-0.3, -0.25) is 20.3 Å². The van der Waals surface area contributed by atoms with Crippen LogP contribution in [0.3, 0.4) is 0 Å². The molecule has 1 spiro atoms. The summed E-state index contributed by atoms with van der Waals surface area (Å²) in [4.78, 5) is 50.0. The predicted molar refractivity (Wildman–Crippen MR) is 114 cm³/mol. The standard InChI is InChI=1S/C22H30N4O6/c1-15-9-11-22(12-10-15)18(28)26(20(30)24-22)25-17(27)13-23-21(2,19(29)31-3)14-32-16-7-5-4-6-8-16/h4-8,15,23H,9-14H2,1-3H3,(H,24,30)(H,25,27). The number of amides is 4. The molecule has 0 bridgehead atoms. The van der Waals surface area contributed by atoms with Crippen LogP contribution in [-0.4, -0.2) is 60.2 Å². The van der Waals surface area contributed by atoms with Crippen LogP contribution >= 0.6 is 0 Å². The van der Waals surface area contributed by atoms with Crippen LogP contribution in [0.25, 0.3) is 0 Å². The Kier molecular flexibility index (Phi) is 7.02. The number of nitrogens with one attached hydrogen (secondary N) is 3. The zero-order chi connectivity index (χ0) is 23.4. The highest BCUT2D eigenvalue weighted by Crippen LogP contribution is 2.35. The summed E-state index contributed by atoms with van der Waals surface area (Å²) in [6, 6.07) is 8.25. The van der Waals surface area contributed by atoms with Crippen LogP contribution in [0.15, 0.2) is 30.3 Å². The first-order valence-corrected chi connectivity index (χ1v) is 10.7. The molecule has 0 aromatic heterocycles. The van der Waals surface area contributed by atoms with Crippen molar-refractivity contribution in [3.8, 4) is 5.75 Å². The van der Waals surface area contributed by atoms with Crippen molar-refractivity contribution in [2.24, 2.45) is 5.92 Å². The third-order valence-electron chi connectivity index (χ3n) is 6.07. The SMILES string of the molecule is COC(=O)C(C)(COc1ccccc1)NCC(=O)NN1C(=O)NC2(CCC(C)CC2)C1=O. The fraction of sp³-hybridized carbons (Fsp3) is 0.545. The topological polar surface area (TPSA) is 126 Å². The summed E-state index contributed by atoms with van der Waals surface area (Å²) in [5.41, 5.74) is 0.0585. The normalized spacial score (nSPS) is 24.6. The molecule has 1 heterocycles. The van der Waals surface area contributed by atoms with Gasteiger partial charge in [0.15, 0.2) is 0 Å². The smallest absolute Gasteiger partial charge is 0.344 e. The van der Waals surface area contributed by atoms with E-state index < -0.39 is 34.9 Å². The van der Waals surface area contributed by atoms with Gasteiger partial charge in [-0.15, -0.1) is 0 Å². The summed E-state index contributed by atoms with van der Waals surface area (Å²) in [7, 11) is 1.24. The van der Waals surface area contributed by atoms with E-state index in [9.17, 15) is 19.2 Å². The van der Waals surface area contributed by atoms with Crippen molar-refractivity contribution < 1.29 is 28.7 Å². The van der Waals surface area contributed by atoms with E-state index in [0.717, 1.165) is 17.9 Å². The molecule has 1 aromatic rings. The van der Waals surface area contributed by atoms with Crippen molar-refractivity contribution in [2.75, 3.05) is 20.3 Å². The summed E-state index contributed by atoms with van der Waals surface area (Å²) in [6.07, 6.45) is 2.74. The molecule has 1 atom stereocenters.